The highest BCUT2D eigenvalue weighted by Crippen LogP contribution is 2.42. The first kappa shape index (κ1) is 20.9. The van der Waals surface area contributed by atoms with Crippen LogP contribution in [0, 0.1) is 20.8 Å². The Morgan fingerprint density at radius 3 is 2.31 bits per heavy atom. The topological polar surface area (TPSA) is 72.1 Å². The molecule has 2 fully saturated rings. The molecule has 3 heterocycles. The van der Waals surface area contributed by atoms with Gasteiger partial charge in [0.25, 0.3) is 5.91 Å². The van der Waals surface area contributed by atoms with Crippen LogP contribution in [0.1, 0.15) is 57.5 Å². The Morgan fingerprint density at radius 2 is 1.72 bits per heavy atom. The summed E-state index contributed by atoms with van der Waals surface area (Å²) in [6, 6.07) is 8.23. The van der Waals surface area contributed by atoms with Gasteiger partial charge in [-0.25, -0.2) is 4.68 Å². The fourth-order valence-corrected chi connectivity index (χ4v) is 4.57. The summed E-state index contributed by atoms with van der Waals surface area (Å²) in [5.41, 5.74) is 7.27. The smallest absolute Gasteiger partial charge is 0.276 e. The van der Waals surface area contributed by atoms with Crippen molar-refractivity contribution >= 4 is 5.91 Å². The lowest BCUT2D eigenvalue weighted by Crippen LogP contribution is -2.48. The monoisotopic (exact) mass is 433 g/mol. The SMILES string of the molecule is Cc1ccc(-n2nnc(C(=O)N3CCN(Cc4c(C)nn(C)c4C)CC3)c2C2CC2)cc1. The second-order valence-electron chi connectivity index (χ2n) is 9.19. The van der Waals surface area contributed by atoms with Crippen LogP contribution in [0.15, 0.2) is 24.3 Å². The summed E-state index contributed by atoms with van der Waals surface area (Å²) in [6.07, 6.45) is 2.19. The summed E-state index contributed by atoms with van der Waals surface area (Å²) < 4.78 is 3.82. The normalized spacial score (nSPS) is 17.2. The van der Waals surface area contributed by atoms with Gasteiger partial charge in [0.15, 0.2) is 5.69 Å². The minimum absolute atomic E-state index is 0.0126. The van der Waals surface area contributed by atoms with Crippen LogP contribution in [0.25, 0.3) is 5.69 Å². The zero-order valence-electron chi connectivity index (χ0n) is 19.4. The van der Waals surface area contributed by atoms with Gasteiger partial charge in [-0.3, -0.25) is 14.4 Å². The molecule has 1 saturated carbocycles. The molecule has 1 aliphatic carbocycles. The molecule has 3 aromatic rings. The van der Waals surface area contributed by atoms with Crippen molar-refractivity contribution < 1.29 is 4.79 Å². The fraction of sp³-hybridized carbons (Fsp3) is 0.500. The van der Waals surface area contributed by atoms with Gasteiger partial charge >= 0.3 is 0 Å². The van der Waals surface area contributed by atoms with E-state index in [2.05, 4.69) is 53.2 Å². The third-order valence-corrected chi connectivity index (χ3v) is 6.85. The molecule has 168 valence electrons. The molecule has 5 rings (SSSR count). The molecule has 0 spiro atoms. The van der Waals surface area contributed by atoms with Crippen molar-refractivity contribution in [2.24, 2.45) is 7.05 Å². The van der Waals surface area contributed by atoms with Crippen LogP contribution in [-0.2, 0) is 13.6 Å². The lowest BCUT2D eigenvalue weighted by Gasteiger charge is -2.34. The Labute approximate surface area is 188 Å². The third-order valence-electron chi connectivity index (χ3n) is 6.85. The highest BCUT2D eigenvalue weighted by Gasteiger charge is 2.36. The summed E-state index contributed by atoms with van der Waals surface area (Å²) >= 11 is 0. The zero-order valence-corrected chi connectivity index (χ0v) is 19.4. The van der Waals surface area contributed by atoms with Gasteiger partial charge in [0.1, 0.15) is 0 Å². The molecule has 1 amide bonds. The van der Waals surface area contributed by atoms with E-state index >= 15 is 0 Å². The Morgan fingerprint density at radius 1 is 1.03 bits per heavy atom. The predicted octanol–water partition coefficient (Wildman–Crippen LogP) is 2.76. The van der Waals surface area contributed by atoms with Crippen LogP contribution in [0.5, 0.6) is 0 Å². The summed E-state index contributed by atoms with van der Waals surface area (Å²) in [5.74, 6) is 0.390. The summed E-state index contributed by atoms with van der Waals surface area (Å²) in [5, 5.41) is 13.3. The van der Waals surface area contributed by atoms with E-state index in [0.29, 0.717) is 24.7 Å². The molecule has 1 aromatic carbocycles. The Balaban J connectivity index is 1.30. The maximum Gasteiger partial charge on any atom is 0.276 e. The minimum Gasteiger partial charge on any atom is -0.335 e. The van der Waals surface area contributed by atoms with Crippen molar-refractivity contribution in [1.29, 1.82) is 0 Å². The van der Waals surface area contributed by atoms with Gasteiger partial charge in [0.05, 0.1) is 17.1 Å². The van der Waals surface area contributed by atoms with Gasteiger partial charge in [0.2, 0.25) is 0 Å². The molecule has 0 unspecified atom stereocenters. The predicted molar refractivity (Wildman–Crippen MR) is 122 cm³/mol. The molecule has 2 aliphatic rings. The molecular weight excluding hydrogens is 402 g/mol. The van der Waals surface area contributed by atoms with Gasteiger partial charge in [-0.1, -0.05) is 22.9 Å². The van der Waals surface area contributed by atoms with Gasteiger partial charge in [0, 0.05) is 56.9 Å². The Bertz CT molecular complexity index is 1130. The molecule has 8 nitrogen and oxygen atoms in total. The zero-order chi connectivity index (χ0) is 22.4. The standard InChI is InChI=1S/C24H31N7O/c1-16-5-9-20(10-6-16)31-23(19-7-8-19)22(25-27-31)24(32)30-13-11-29(12-14-30)15-21-17(2)26-28(4)18(21)3/h5-6,9-10,19H,7-8,11-15H2,1-4H3. The summed E-state index contributed by atoms with van der Waals surface area (Å²) in [7, 11) is 1.99. The fourth-order valence-electron chi connectivity index (χ4n) is 4.57. The Hall–Kier alpha value is -3.00. The molecule has 0 N–H and O–H groups in total. The minimum atomic E-state index is 0.0126. The molecule has 0 radical (unpaired) electrons. The average molecular weight is 434 g/mol. The van der Waals surface area contributed by atoms with Crippen molar-refractivity contribution in [1.82, 2.24) is 34.6 Å². The number of carbonyl (C=O) groups is 1. The van der Waals surface area contributed by atoms with Crippen LogP contribution in [0.2, 0.25) is 0 Å². The maximum atomic E-state index is 13.4. The lowest BCUT2D eigenvalue weighted by molar-refractivity contribution is 0.0621. The van der Waals surface area contributed by atoms with E-state index in [4.69, 9.17) is 0 Å². The summed E-state index contributed by atoms with van der Waals surface area (Å²) in [6.45, 7) is 10.2. The molecule has 2 aromatic heterocycles. The number of aryl methyl sites for hydroxylation is 3. The number of aromatic nitrogens is 5. The van der Waals surface area contributed by atoms with Crippen molar-refractivity contribution in [3.63, 3.8) is 0 Å². The Kier molecular flexibility index (Phi) is 5.33. The molecule has 0 bridgehead atoms. The number of nitrogens with zero attached hydrogens (tertiary/aromatic N) is 7. The van der Waals surface area contributed by atoms with E-state index in [0.717, 1.165) is 49.6 Å². The first-order chi connectivity index (χ1) is 15.4. The highest BCUT2D eigenvalue weighted by atomic mass is 16.2. The number of benzene rings is 1. The van der Waals surface area contributed by atoms with Gasteiger partial charge in [-0.05, 0) is 45.7 Å². The van der Waals surface area contributed by atoms with E-state index < -0.39 is 0 Å². The molecule has 32 heavy (non-hydrogen) atoms. The number of hydrogen-bond donors (Lipinski definition) is 0. The summed E-state index contributed by atoms with van der Waals surface area (Å²) in [4.78, 5) is 17.8. The van der Waals surface area contributed by atoms with Crippen molar-refractivity contribution in [2.45, 2.75) is 46.1 Å². The van der Waals surface area contributed by atoms with Gasteiger partial charge in [-0.15, -0.1) is 5.10 Å². The third kappa shape index (κ3) is 3.83. The van der Waals surface area contributed by atoms with Crippen LogP contribution in [-0.4, -0.2) is 66.7 Å². The maximum absolute atomic E-state index is 13.4. The van der Waals surface area contributed by atoms with Gasteiger partial charge in [-0.2, -0.15) is 5.10 Å². The largest absolute Gasteiger partial charge is 0.335 e. The molecular formula is C24H31N7O. The lowest BCUT2D eigenvalue weighted by atomic mass is 10.1. The van der Waals surface area contributed by atoms with E-state index in [1.807, 2.05) is 33.4 Å². The number of rotatable bonds is 5. The van der Waals surface area contributed by atoms with Crippen LogP contribution < -0.4 is 0 Å². The van der Waals surface area contributed by atoms with Crippen LogP contribution >= 0.6 is 0 Å². The van der Waals surface area contributed by atoms with E-state index in [9.17, 15) is 4.79 Å². The first-order valence-corrected chi connectivity index (χ1v) is 11.5. The molecule has 0 atom stereocenters. The van der Waals surface area contributed by atoms with E-state index in [1.54, 1.807) is 0 Å². The molecule has 1 aliphatic heterocycles. The van der Waals surface area contributed by atoms with E-state index in [-0.39, 0.29) is 5.91 Å². The highest BCUT2D eigenvalue weighted by molar-refractivity contribution is 5.93. The second-order valence-corrected chi connectivity index (χ2v) is 9.19. The number of piperazine rings is 1. The number of carbonyl (C=O) groups excluding carboxylic acids is 1. The average Bonchev–Trinajstić information content (AvgIpc) is 3.49. The van der Waals surface area contributed by atoms with E-state index in [1.165, 1.54) is 16.8 Å². The number of hydrogen-bond acceptors (Lipinski definition) is 5. The first-order valence-electron chi connectivity index (χ1n) is 11.5. The molecule has 1 saturated heterocycles. The van der Waals surface area contributed by atoms with Crippen molar-refractivity contribution in [3.05, 3.63) is 58.2 Å². The quantitative estimate of drug-likeness (QED) is 0.619. The van der Waals surface area contributed by atoms with Crippen LogP contribution in [0.4, 0.5) is 0 Å². The second kappa shape index (κ2) is 8.16. The van der Waals surface area contributed by atoms with Gasteiger partial charge < -0.3 is 4.90 Å². The number of amides is 1. The van der Waals surface area contributed by atoms with Crippen molar-refractivity contribution in [2.75, 3.05) is 26.2 Å². The molecule has 8 heteroatoms. The van der Waals surface area contributed by atoms with Crippen molar-refractivity contribution in [3.8, 4) is 5.69 Å². The van der Waals surface area contributed by atoms with Crippen LogP contribution in [0.3, 0.4) is 0 Å².